The van der Waals surface area contributed by atoms with E-state index < -0.39 is 0 Å². The highest BCUT2D eigenvalue weighted by molar-refractivity contribution is 7.18. The summed E-state index contributed by atoms with van der Waals surface area (Å²) in [7, 11) is 1.62. The Bertz CT molecular complexity index is 1020. The van der Waals surface area contributed by atoms with E-state index in [2.05, 4.69) is 18.2 Å². The number of hydrogen-bond donors (Lipinski definition) is 0. The smallest absolute Gasteiger partial charge is 0.246 e. The van der Waals surface area contributed by atoms with Crippen LogP contribution in [0.5, 0.6) is 11.5 Å². The molecule has 0 radical (unpaired) electrons. The summed E-state index contributed by atoms with van der Waals surface area (Å²) >= 11 is 1.78. The number of carbonyl (C=O) groups excluding carboxylic acids is 1. The number of methoxy groups -OCH3 is 1. The predicted molar refractivity (Wildman–Crippen MR) is 121 cm³/mol. The monoisotopic (exact) mass is 422 g/mol. The molecule has 156 valence electrons. The standard InChI is InChI=1S/C24H26N2O3S/c1-3-29-20-10-8-17(16-21(20)28-2)9-11-23(27)26-14-12-18(13-15-26)24-25-19-6-4-5-7-22(19)30-24/h4-11,16,18H,3,12-15H2,1-2H3/b11-9-. The van der Waals surface area contributed by atoms with E-state index in [1.54, 1.807) is 24.5 Å². The van der Waals surface area contributed by atoms with E-state index in [4.69, 9.17) is 14.5 Å². The fourth-order valence-corrected chi connectivity index (χ4v) is 4.88. The highest BCUT2D eigenvalue weighted by atomic mass is 32.1. The van der Waals surface area contributed by atoms with Gasteiger partial charge in [0, 0.05) is 25.1 Å². The Labute approximate surface area is 180 Å². The van der Waals surface area contributed by atoms with E-state index in [1.165, 1.54) is 9.71 Å². The first-order valence-electron chi connectivity index (χ1n) is 10.3. The number of nitrogens with zero attached hydrogens (tertiary/aromatic N) is 2. The van der Waals surface area contributed by atoms with Crippen LogP contribution in [0.4, 0.5) is 0 Å². The molecule has 1 fully saturated rings. The van der Waals surface area contributed by atoms with Crippen molar-refractivity contribution in [2.24, 2.45) is 0 Å². The van der Waals surface area contributed by atoms with Crippen LogP contribution in [0.1, 0.15) is 36.3 Å². The Morgan fingerprint density at radius 1 is 1.20 bits per heavy atom. The van der Waals surface area contributed by atoms with E-state index in [0.717, 1.165) is 37.0 Å². The Kier molecular flexibility index (Phi) is 6.33. The van der Waals surface area contributed by atoms with Gasteiger partial charge >= 0.3 is 0 Å². The number of rotatable bonds is 6. The normalized spacial score (nSPS) is 15.1. The quantitative estimate of drug-likeness (QED) is 0.517. The number of likely N-dealkylation sites (tertiary alicyclic amines) is 1. The number of ether oxygens (including phenoxy) is 2. The number of fused-ring (bicyclic) bond motifs is 1. The van der Waals surface area contributed by atoms with Crippen LogP contribution in [-0.2, 0) is 4.79 Å². The van der Waals surface area contributed by atoms with Gasteiger partial charge in [0.2, 0.25) is 5.91 Å². The Balaban J connectivity index is 1.36. The number of benzene rings is 2. The molecule has 2 heterocycles. The Morgan fingerprint density at radius 2 is 2.00 bits per heavy atom. The van der Waals surface area contributed by atoms with Crippen LogP contribution in [0.3, 0.4) is 0 Å². The lowest BCUT2D eigenvalue weighted by atomic mass is 9.97. The summed E-state index contributed by atoms with van der Waals surface area (Å²) in [6.07, 6.45) is 5.39. The number of piperidine rings is 1. The van der Waals surface area contributed by atoms with Crippen LogP contribution in [0.15, 0.2) is 48.5 Å². The van der Waals surface area contributed by atoms with Gasteiger partial charge in [-0.15, -0.1) is 11.3 Å². The molecule has 0 saturated carbocycles. The molecule has 1 aliphatic heterocycles. The van der Waals surface area contributed by atoms with Crippen molar-refractivity contribution in [1.82, 2.24) is 9.88 Å². The van der Waals surface area contributed by atoms with Crippen molar-refractivity contribution in [3.05, 3.63) is 59.1 Å². The second-order valence-electron chi connectivity index (χ2n) is 7.30. The van der Waals surface area contributed by atoms with Crippen LogP contribution in [0, 0.1) is 0 Å². The summed E-state index contributed by atoms with van der Waals surface area (Å²) in [5.41, 5.74) is 1.98. The molecule has 0 N–H and O–H groups in total. The minimum absolute atomic E-state index is 0.0469. The molecule has 1 aromatic heterocycles. The van der Waals surface area contributed by atoms with E-state index in [0.29, 0.717) is 24.0 Å². The molecule has 0 unspecified atom stereocenters. The maximum Gasteiger partial charge on any atom is 0.246 e. The van der Waals surface area contributed by atoms with Gasteiger partial charge in [-0.25, -0.2) is 4.98 Å². The molecule has 5 nitrogen and oxygen atoms in total. The molecular weight excluding hydrogens is 396 g/mol. The van der Waals surface area contributed by atoms with Crippen LogP contribution >= 0.6 is 11.3 Å². The maximum atomic E-state index is 12.6. The van der Waals surface area contributed by atoms with Crippen LogP contribution in [0.25, 0.3) is 16.3 Å². The third kappa shape index (κ3) is 4.49. The van der Waals surface area contributed by atoms with Crippen molar-refractivity contribution in [3.63, 3.8) is 0 Å². The maximum absolute atomic E-state index is 12.6. The number of hydrogen-bond acceptors (Lipinski definition) is 5. The first-order chi connectivity index (χ1) is 14.7. The highest BCUT2D eigenvalue weighted by Gasteiger charge is 2.25. The van der Waals surface area contributed by atoms with Gasteiger partial charge in [0.15, 0.2) is 11.5 Å². The molecule has 30 heavy (non-hydrogen) atoms. The zero-order valence-electron chi connectivity index (χ0n) is 17.3. The summed E-state index contributed by atoms with van der Waals surface area (Å²) < 4.78 is 12.2. The second kappa shape index (κ2) is 9.30. The SMILES string of the molecule is CCOc1ccc(/C=C\C(=O)N2CCC(c3nc4ccccc4s3)CC2)cc1OC. The topological polar surface area (TPSA) is 51.7 Å². The highest BCUT2D eigenvalue weighted by Crippen LogP contribution is 2.34. The molecule has 0 spiro atoms. The fourth-order valence-electron chi connectivity index (χ4n) is 3.75. The number of amides is 1. The molecule has 3 aromatic rings. The van der Waals surface area contributed by atoms with Gasteiger partial charge in [0.1, 0.15) is 0 Å². The average molecular weight is 423 g/mol. The van der Waals surface area contributed by atoms with Crippen molar-refractivity contribution >= 4 is 33.5 Å². The van der Waals surface area contributed by atoms with E-state index >= 15 is 0 Å². The summed E-state index contributed by atoms with van der Waals surface area (Å²) in [5, 5.41) is 1.19. The molecule has 6 heteroatoms. The largest absolute Gasteiger partial charge is 0.493 e. The lowest BCUT2D eigenvalue weighted by Gasteiger charge is -2.30. The summed E-state index contributed by atoms with van der Waals surface area (Å²) in [6, 6.07) is 13.9. The minimum atomic E-state index is 0.0469. The first kappa shape index (κ1) is 20.4. The van der Waals surface area contributed by atoms with Crippen LogP contribution in [-0.4, -0.2) is 42.6 Å². The molecular formula is C24H26N2O3S. The molecule has 2 aromatic carbocycles. The van der Waals surface area contributed by atoms with Gasteiger partial charge in [-0.3, -0.25) is 4.79 Å². The molecule has 1 aliphatic rings. The molecule has 1 saturated heterocycles. The summed E-state index contributed by atoms with van der Waals surface area (Å²) in [6.45, 7) is 4.04. The number of aromatic nitrogens is 1. The summed E-state index contributed by atoms with van der Waals surface area (Å²) in [4.78, 5) is 19.4. The van der Waals surface area contributed by atoms with Gasteiger partial charge in [-0.2, -0.15) is 0 Å². The number of para-hydroxylation sites is 1. The minimum Gasteiger partial charge on any atom is -0.493 e. The fraction of sp³-hybridized carbons (Fsp3) is 0.333. The van der Waals surface area contributed by atoms with Gasteiger partial charge in [-0.05, 0) is 55.7 Å². The van der Waals surface area contributed by atoms with Crippen molar-refractivity contribution in [2.75, 3.05) is 26.8 Å². The van der Waals surface area contributed by atoms with E-state index in [1.807, 2.05) is 42.2 Å². The van der Waals surface area contributed by atoms with Gasteiger partial charge in [-0.1, -0.05) is 18.2 Å². The molecule has 1 amide bonds. The average Bonchev–Trinajstić information content (AvgIpc) is 3.23. The number of thiazole rings is 1. The third-order valence-corrected chi connectivity index (χ3v) is 6.57. The van der Waals surface area contributed by atoms with E-state index in [9.17, 15) is 4.79 Å². The molecule has 0 atom stereocenters. The lowest BCUT2D eigenvalue weighted by molar-refractivity contribution is -0.126. The third-order valence-electron chi connectivity index (χ3n) is 5.37. The van der Waals surface area contributed by atoms with Crippen LogP contribution < -0.4 is 9.47 Å². The van der Waals surface area contributed by atoms with Crippen molar-refractivity contribution in [1.29, 1.82) is 0 Å². The zero-order chi connectivity index (χ0) is 20.9. The van der Waals surface area contributed by atoms with Gasteiger partial charge in [0.25, 0.3) is 0 Å². The lowest BCUT2D eigenvalue weighted by Crippen LogP contribution is -2.36. The number of carbonyl (C=O) groups is 1. The predicted octanol–water partition coefficient (Wildman–Crippen LogP) is 5.12. The Morgan fingerprint density at radius 3 is 2.73 bits per heavy atom. The van der Waals surface area contributed by atoms with Crippen molar-refractivity contribution in [2.45, 2.75) is 25.7 Å². The Hall–Kier alpha value is -2.86. The van der Waals surface area contributed by atoms with Crippen molar-refractivity contribution < 1.29 is 14.3 Å². The molecule has 0 bridgehead atoms. The zero-order valence-corrected chi connectivity index (χ0v) is 18.2. The van der Waals surface area contributed by atoms with Crippen LogP contribution in [0.2, 0.25) is 0 Å². The van der Waals surface area contributed by atoms with Gasteiger partial charge in [0.05, 0.1) is 28.9 Å². The first-order valence-corrected chi connectivity index (χ1v) is 11.1. The van der Waals surface area contributed by atoms with Gasteiger partial charge < -0.3 is 14.4 Å². The molecule has 0 aliphatic carbocycles. The molecule has 4 rings (SSSR count). The second-order valence-corrected chi connectivity index (χ2v) is 8.36. The summed E-state index contributed by atoms with van der Waals surface area (Å²) in [5.74, 6) is 1.86. The van der Waals surface area contributed by atoms with E-state index in [-0.39, 0.29) is 5.91 Å². The van der Waals surface area contributed by atoms with Crippen molar-refractivity contribution in [3.8, 4) is 11.5 Å².